The lowest BCUT2D eigenvalue weighted by molar-refractivity contribution is 0.697. The molecular formula is C18H31P. The zero-order chi connectivity index (χ0) is 13.8. The summed E-state index contributed by atoms with van der Waals surface area (Å²) < 4.78 is 0. The van der Waals surface area contributed by atoms with Crippen LogP contribution in [0.15, 0.2) is 30.3 Å². The zero-order valence-corrected chi connectivity index (χ0v) is 13.8. The number of benzene rings is 1. The van der Waals surface area contributed by atoms with Crippen molar-refractivity contribution in [3.05, 3.63) is 30.3 Å². The van der Waals surface area contributed by atoms with E-state index in [0.29, 0.717) is 0 Å². The van der Waals surface area contributed by atoms with Crippen molar-refractivity contribution >= 4 is 13.2 Å². The fourth-order valence-corrected chi connectivity index (χ4v) is 5.01. The van der Waals surface area contributed by atoms with E-state index in [0.717, 1.165) is 0 Å². The lowest BCUT2D eigenvalue weighted by Crippen LogP contribution is -2.06. The second kappa shape index (κ2) is 11.5. The van der Waals surface area contributed by atoms with Crippen LogP contribution in [0.3, 0.4) is 0 Å². The van der Waals surface area contributed by atoms with Crippen LogP contribution in [0, 0.1) is 0 Å². The van der Waals surface area contributed by atoms with Crippen molar-refractivity contribution in [3.63, 3.8) is 0 Å². The maximum atomic E-state index is 2.35. The molecule has 0 heterocycles. The smallest absolute Gasteiger partial charge is 0.0240 e. The summed E-state index contributed by atoms with van der Waals surface area (Å²) in [6.07, 6.45) is 14.1. The molecular weight excluding hydrogens is 247 g/mol. The van der Waals surface area contributed by atoms with E-state index < -0.39 is 0 Å². The van der Waals surface area contributed by atoms with Crippen LogP contribution < -0.4 is 5.30 Å². The van der Waals surface area contributed by atoms with Gasteiger partial charge in [0.2, 0.25) is 0 Å². The Morgan fingerprint density at radius 3 is 1.68 bits per heavy atom. The molecule has 0 N–H and O–H groups in total. The molecule has 19 heavy (non-hydrogen) atoms. The van der Waals surface area contributed by atoms with Gasteiger partial charge in [-0.15, -0.1) is 0 Å². The summed E-state index contributed by atoms with van der Waals surface area (Å²) in [5.41, 5.74) is 0. The van der Waals surface area contributed by atoms with Crippen LogP contribution >= 0.6 is 7.92 Å². The molecule has 0 amide bonds. The molecule has 0 radical (unpaired) electrons. The van der Waals surface area contributed by atoms with Crippen molar-refractivity contribution in [2.75, 3.05) is 12.3 Å². The van der Waals surface area contributed by atoms with Gasteiger partial charge in [-0.3, -0.25) is 0 Å². The molecule has 0 saturated heterocycles. The molecule has 0 aliphatic rings. The highest BCUT2D eigenvalue weighted by molar-refractivity contribution is 7.65. The third-order valence-electron chi connectivity index (χ3n) is 3.68. The van der Waals surface area contributed by atoms with Gasteiger partial charge in [0.1, 0.15) is 0 Å². The summed E-state index contributed by atoms with van der Waals surface area (Å²) in [6.45, 7) is 4.59. The monoisotopic (exact) mass is 278 g/mol. The van der Waals surface area contributed by atoms with Crippen LogP contribution in [0.4, 0.5) is 0 Å². The third kappa shape index (κ3) is 7.73. The first-order valence-corrected chi connectivity index (χ1v) is 9.89. The average molecular weight is 278 g/mol. The minimum atomic E-state index is 0.111. The number of hydrogen-bond acceptors (Lipinski definition) is 0. The van der Waals surface area contributed by atoms with E-state index in [4.69, 9.17) is 0 Å². The fourth-order valence-electron chi connectivity index (χ4n) is 2.47. The first kappa shape index (κ1) is 16.7. The molecule has 1 heteroatoms. The molecule has 1 aromatic rings. The van der Waals surface area contributed by atoms with Gasteiger partial charge in [-0.05, 0) is 30.5 Å². The van der Waals surface area contributed by atoms with Gasteiger partial charge in [-0.1, -0.05) is 90.6 Å². The first-order chi connectivity index (χ1) is 9.38. The molecule has 1 aromatic carbocycles. The second-order valence-corrected chi connectivity index (χ2v) is 7.93. The molecule has 1 rings (SSSR count). The number of unbranched alkanes of at least 4 members (excludes halogenated alkanes) is 6. The first-order valence-electron chi connectivity index (χ1n) is 8.18. The van der Waals surface area contributed by atoms with Crippen LogP contribution in [-0.4, -0.2) is 12.3 Å². The highest BCUT2D eigenvalue weighted by atomic mass is 31.1. The highest BCUT2D eigenvalue weighted by Crippen LogP contribution is 2.37. The van der Waals surface area contributed by atoms with Crippen LogP contribution in [0.1, 0.15) is 65.2 Å². The van der Waals surface area contributed by atoms with Crippen molar-refractivity contribution < 1.29 is 0 Å². The van der Waals surface area contributed by atoms with Crippen molar-refractivity contribution in [1.82, 2.24) is 0 Å². The van der Waals surface area contributed by atoms with Gasteiger partial charge in [0.15, 0.2) is 0 Å². The van der Waals surface area contributed by atoms with Crippen LogP contribution in [0.25, 0.3) is 0 Å². The average Bonchev–Trinajstić information content (AvgIpc) is 2.46. The largest absolute Gasteiger partial charge is 0.0753 e. The standard InChI is InChI=1S/C18H31P/c1-3-5-7-12-16-19(17-13-8-6-4-2)18-14-10-9-11-15-18/h9-11,14-15H,3-8,12-13,16-17H2,1-2H3. The third-order valence-corrected chi connectivity index (χ3v) is 6.43. The Bertz CT molecular complexity index is 282. The second-order valence-electron chi connectivity index (χ2n) is 5.44. The summed E-state index contributed by atoms with van der Waals surface area (Å²) in [6, 6.07) is 11.3. The summed E-state index contributed by atoms with van der Waals surface area (Å²) in [7, 11) is 0.111. The van der Waals surface area contributed by atoms with E-state index in [-0.39, 0.29) is 7.92 Å². The van der Waals surface area contributed by atoms with E-state index in [1.54, 1.807) is 5.30 Å². The van der Waals surface area contributed by atoms with E-state index in [1.807, 2.05) is 0 Å². The lowest BCUT2D eigenvalue weighted by atomic mass is 10.2. The van der Waals surface area contributed by atoms with Gasteiger partial charge in [0.05, 0.1) is 0 Å². The molecule has 0 aliphatic heterocycles. The summed E-state index contributed by atoms with van der Waals surface area (Å²) in [5.74, 6) is 0. The quantitative estimate of drug-likeness (QED) is 0.346. The molecule has 0 nitrogen and oxygen atoms in total. The minimum absolute atomic E-state index is 0.111. The molecule has 0 fully saturated rings. The van der Waals surface area contributed by atoms with Gasteiger partial charge in [0, 0.05) is 0 Å². The van der Waals surface area contributed by atoms with Gasteiger partial charge in [-0.2, -0.15) is 0 Å². The Hall–Kier alpha value is -0.350. The Morgan fingerprint density at radius 2 is 1.21 bits per heavy atom. The van der Waals surface area contributed by atoms with E-state index >= 15 is 0 Å². The van der Waals surface area contributed by atoms with E-state index in [9.17, 15) is 0 Å². The van der Waals surface area contributed by atoms with Gasteiger partial charge in [-0.25, -0.2) is 0 Å². The molecule has 0 saturated carbocycles. The van der Waals surface area contributed by atoms with Crippen molar-refractivity contribution in [1.29, 1.82) is 0 Å². The maximum Gasteiger partial charge on any atom is -0.0240 e. The molecule has 0 spiro atoms. The van der Waals surface area contributed by atoms with E-state index in [2.05, 4.69) is 44.2 Å². The Kier molecular flexibility index (Phi) is 10.1. The van der Waals surface area contributed by atoms with E-state index in [1.165, 1.54) is 63.7 Å². The van der Waals surface area contributed by atoms with Gasteiger partial charge in [0.25, 0.3) is 0 Å². The van der Waals surface area contributed by atoms with Gasteiger partial charge < -0.3 is 0 Å². The normalized spacial score (nSPS) is 11.1. The molecule has 0 bridgehead atoms. The van der Waals surface area contributed by atoms with Crippen LogP contribution in [-0.2, 0) is 0 Å². The molecule has 0 unspecified atom stereocenters. The maximum absolute atomic E-state index is 2.35. The molecule has 0 aliphatic carbocycles. The van der Waals surface area contributed by atoms with Gasteiger partial charge >= 0.3 is 0 Å². The topological polar surface area (TPSA) is 0 Å². The predicted octanol–water partition coefficient (Wildman–Crippen LogP) is 5.95. The Labute approximate surface area is 121 Å². The van der Waals surface area contributed by atoms with Crippen molar-refractivity contribution in [2.45, 2.75) is 65.2 Å². The summed E-state index contributed by atoms with van der Waals surface area (Å²) >= 11 is 0. The molecule has 108 valence electrons. The van der Waals surface area contributed by atoms with Crippen molar-refractivity contribution in [2.24, 2.45) is 0 Å². The summed E-state index contributed by atoms with van der Waals surface area (Å²) in [5, 5.41) is 1.63. The zero-order valence-electron chi connectivity index (χ0n) is 12.9. The Morgan fingerprint density at radius 1 is 0.684 bits per heavy atom. The highest BCUT2D eigenvalue weighted by Gasteiger charge is 2.09. The fraction of sp³-hybridized carbons (Fsp3) is 0.667. The SMILES string of the molecule is CCCCCCP(CCCCCC)c1ccccc1. The molecule has 0 aromatic heterocycles. The van der Waals surface area contributed by atoms with Crippen molar-refractivity contribution in [3.8, 4) is 0 Å². The Balaban J connectivity index is 2.39. The minimum Gasteiger partial charge on any atom is -0.0753 e. The predicted molar refractivity (Wildman–Crippen MR) is 91.0 cm³/mol. The molecule has 0 atom stereocenters. The summed E-state index contributed by atoms with van der Waals surface area (Å²) in [4.78, 5) is 0. The lowest BCUT2D eigenvalue weighted by Gasteiger charge is -2.18. The van der Waals surface area contributed by atoms with Crippen LogP contribution in [0.5, 0.6) is 0 Å². The number of rotatable bonds is 11. The number of hydrogen-bond donors (Lipinski definition) is 0. The van der Waals surface area contributed by atoms with Crippen LogP contribution in [0.2, 0.25) is 0 Å².